The summed E-state index contributed by atoms with van der Waals surface area (Å²) in [4.78, 5) is 105. The van der Waals surface area contributed by atoms with Crippen LogP contribution in [0.15, 0.2) is 292 Å². The number of piperazine rings is 3. The number of rotatable bonds is 22. The van der Waals surface area contributed by atoms with Gasteiger partial charge in [-0.25, -0.2) is 39.7 Å². The number of halogens is 1. The number of likely N-dealkylation sites (N-methyl/N-ethyl adjacent to an activating group) is 3. The number of H-pyrrole nitrogens is 1. The summed E-state index contributed by atoms with van der Waals surface area (Å²) < 4.78 is 90.4. The first-order valence-corrected chi connectivity index (χ1v) is 52.2. The number of aromatic nitrogens is 9. The molecule has 17 aromatic rings. The molecule has 149 heavy (non-hydrogen) atoms. The average molecular weight is 2090 g/mol. The fraction of sp³-hybridized carbons (Fsp3) is 0.283. The number of aromatic amines is 1. The van der Waals surface area contributed by atoms with Crippen LogP contribution in [0.2, 0.25) is 5.02 Å². The normalized spacial score (nSPS) is 16.6. The second-order valence-corrected chi connectivity index (χ2v) is 43.0. The maximum Gasteiger partial charge on any atom is 1.00 e. The van der Waals surface area contributed by atoms with E-state index in [-0.39, 0.29) is 119 Å². The summed E-state index contributed by atoms with van der Waals surface area (Å²) >= 11 is 6.04. The maximum absolute atomic E-state index is 13.6. The Kier molecular flexibility index (Phi) is 32.8. The van der Waals surface area contributed by atoms with Gasteiger partial charge in [-0.2, -0.15) is 0 Å². The summed E-state index contributed by atoms with van der Waals surface area (Å²) in [6.07, 6.45) is 9.94. The molecule has 764 valence electrons. The molecule has 8 aromatic carbocycles. The standard InChI is InChI=1S/C38H37N5O5S.C31H31N5O3.C23H24ClN3O2.C21H25BN2O5S.K.H2O/c1-25-5-13-31(14-6-25)49(46,47)43-18-17-32-33(24-41(4)38(45)36(32)43)28-9-15-35-29(23-28)10-16-34(39-35)27-7-11-30(12-8-27)48-22-21-42-20-19-40(3)37(44)26(42)2;1-20-30(37)34(2)14-15-36(20)16-17-39-24-8-4-21(5-9-24)27-11-7-23-18-22(6-10-28(23)33-27)26-19-35(3)31(38)29-25(26)12-13-32-29;1-16-23(28)26(2)11-12-27(16)13-14-29-20-7-3-17(4-8-20)21-9-5-18-15-19(24)6-10-22(18)25-21;1-14-7-9-15(10-8-14)30(26,27)24-12-11-16-17(13-23(6)19(25)18(16)24)22-28-20(2,3)21(4,5)29-22;;/h5-18,23-24,26H,19-22H2,1-4H3;4-13,18-20,32H,14-17H2,1-3H3;3-10,15-16H,11-14H2,1-2H3;7-13H,1-6H3;;1H2/q;;;;+1;/p-1/t26-;20-;16-;;;/m111.../s1. The Hall–Kier alpha value is -13.1. The fourth-order valence-electron chi connectivity index (χ4n) is 18.9. The molecule has 31 nitrogen and oxygen atoms in total. The second-order valence-electron chi connectivity index (χ2n) is 38.9. The van der Waals surface area contributed by atoms with Gasteiger partial charge >= 0.3 is 58.5 Å². The molecule has 3 amide bonds. The second kappa shape index (κ2) is 45.0. The van der Waals surface area contributed by atoms with Crippen molar-refractivity contribution in [1.29, 1.82) is 0 Å². The Morgan fingerprint density at radius 1 is 0.403 bits per heavy atom. The number of benzene rings is 8. The first-order chi connectivity index (χ1) is 70.2. The molecule has 4 aliphatic heterocycles. The van der Waals surface area contributed by atoms with Gasteiger partial charge in [0, 0.05) is 209 Å². The largest absolute Gasteiger partial charge is 1.00 e. The van der Waals surface area contributed by atoms with Crippen molar-refractivity contribution in [3.63, 3.8) is 0 Å². The third-order valence-electron chi connectivity index (χ3n) is 28.6. The van der Waals surface area contributed by atoms with Crippen LogP contribution in [0.1, 0.15) is 59.6 Å². The van der Waals surface area contributed by atoms with Gasteiger partial charge in [0.1, 0.15) is 53.6 Å². The van der Waals surface area contributed by atoms with Gasteiger partial charge in [-0.05, 0) is 249 Å². The van der Waals surface area contributed by atoms with E-state index in [2.05, 4.69) is 37.9 Å². The molecule has 13 heterocycles. The number of amides is 3. The van der Waals surface area contributed by atoms with E-state index in [9.17, 15) is 45.6 Å². The summed E-state index contributed by atoms with van der Waals surface area (Å²) in [6.45, 7) is 25.9. The van der Waals surface area contributed by atoms with Crippen LogP contribution in [0.4, 0.5) is 0 Å². The van der Waals surface area contributed by atoms with Crippen LogP contribution in [0.3, 0.4) is 0 Å². The number of aryl methyl sites for hydroxylation is 5. The van der Waals surface area contributed by atoms with Crippen molar-refractivity contribution in [2.24, 2.45) is 21.1 Å². The summed E-state index contributed by atoms with van der Waals surface area (Å²) in [5, 5.41) is 5.64. The first-order valence-electron chi connectivity index (χ1n) is 48.9. The van der Waals surface area contributed by atoms with Crippen molar-refractivity contribution >= 4 is 127 Å². The Morgan fingerprint density at radius 2 is 0.745 bits per heavy atom. The molecule has 0 bridgehead atoms. The monoisotopic (exact) mass is 2090 g/mol. The van der Waals surface area contributed by atoms with E-state index in [1.54, 1.807) is 120 Å². The zero-order valence-electron chi connectivity index (χ0n) is 86.2. The van der Waals surface area contributed by atoms with E-state index >= 15 is 0 Å². The van der Waals surface area contributed by atoms with E-state index in [4.69, 9.17) is 50.1 Å². The molecular weight excluding hydrogens is 1970 g/mol. The van der Waals surface area contributed by atoms with Gasteiger partial charge in [-0.15, -0.1) is 0 Å². The molecule has 36 heteroatoms. The average Bonchev–Trinajstić information content (AvgIpc) is 1.62. The summed E-state index contributed by atoms with van der Waals surface area (Å²) in [5.74, 6) is 2.84. The van der Waals surface area contributed by atoms with Gasteiger partial charge in [0.2, 0.25) is 17.7 Å². The molecule has 3 atom stereocenters. The molecule has 0 saturated carbocycles. The first kappa shape index (κ1) is 109. The number of nitrogens with zero attached hydrogens (tertiary/aromatic N) is 14. The fourth-order valence-corrected chi connectivity index (χ4v) is 21.8. The van der Waals surface area contributed by atoms with Crippen molar-refractivity contribution in [3.8, 4) is 73.3 Å². The zero-order chi connectivity index (χ0) is 104. The molecule has 9 aromatic heterocycles. The smallest absolute Gasteiger partial charge is 0.870 e. The number of pyridine rings is 6. The van der Waals surface area contributed by atoms with E-state index in [1.807, 2.05) is 241 Å². The Labute approximate surface area is 912 Å². The van der Waals surface area contributed by atoms with Crippen molar-refractivity contribution in [2.45, 2.75) is 101 Å². The quantitative estimate of drug-likeness (QED) is 0.0616. The minimum atomic E-state index is -3.99. The number of carbonyl (C=O) groups is 3. The van der Waals surface area contributed by atoms with Crippen LogP contribution in [0.25, 0.3) is 121 Å². The van der Waals surface area contributed by atoms with E-state index in [0.29, 0.717) is 59.7 Å². The molecule has 4 aliphatic rings. The number of ether oxygens (including phenoxy) is 3. The van der Waals surface area contributed by atoms with Gasteiger partial charge in [-0.3, -0.25) is 43.5 Å². The number of hydrogen-bond acceptors (Lipinski definition) is 22. The number of hydrogen-bond donors (Lipinski definition) is 1. The zero-order valence-corrected chi connectivity index (χ0v) is 91.7. The Bertz CT molecular complexity index is 8340. The van der Waals surface area contributed by atoms with Crippen LogP contribution in [0, 0.1) is 13.8 Å². The number of nitrogens with one attached hydrogen (secondary N) is 1. The van der Waals surface area contributed by atoms with Crippen molar-refractivity contribution in [3.05, 3.63) is 315 Å². The summed E-state index contributed by atoms with van der Waals surface area (Å²) in [7, 11) is 1.88. The molecule has 0 unspecified atom stereocenters. The van der Waals surface area contributed by atoms with Gasteiger partial charge in [-0.1, -0.05) is 77.3 Å². The maximum atomic E-state index is 13.6. The summed E-state index contributed by atoms with van der Waals surface area (Å²) in [5.41, 5.74) is 13.2. The van der Waals surface area contributed by atoms with Crippen LogP contribution in [-0.2, 0) is 64.9 Å². The molecule has 0 aliphatic carbocycles. The molecule has 2 N–H and O–H groups in total. The number of carbonyl (C=O) groups excluding carboxylic acids is 3. The summed E-state index contributed by atoms with van der Waals surface area (Å²) in [6, 6.07) is 71.7. The Balaban J connectivity index is 0.000000144. The third-order valence-corrected chi connectivity index (χ3v) is 32.2. The molecule has 21 rings (SSSR count). The van der Waals surface area contributed by atoms with E-state index in [1.165, 1.54) is 21.5 Å². The van der Waals surface area contributed by atoms with Crippen LogP contribution < -0.4 is 87.7 Å². The van der Waals surface area contributed by atoms with Gasteiger partial charge in [0.25, 0.3) is 36.7 Å². The molecule has 0 spiro atoms. The van der Waals surface area contributed by atoms with Gasteiger partial charge in [0.15, 0.2) is 0 Å². The predicted octanol–water partition coefficient (Wildman–Crippen LogP) is 12.7. The molecule has 0 radical (unpaired) electrons. The Morgan fingerprint density at radius 3 is 1.14 bits per heavy atom. The van der Waals surface area contributed by atoms with Crippen molar-refractivity contribution < 1.29 is 112 Å². The van der Waals surface area contributed by atoms with E-state index in [0.717, 1.165) is 176 Å². The van der Waals surface area contributed by atoms with Crippen molar-refractivity contribution in [1.82, 2.24) is 71.0 Å². The molecular formula is C113H118BClKN15O16S2. The van der Waals surface area contributed by atoms with Crippen LogP contribution in [0.5, 0.6) is 17.2 Å². The SMILES string of the molecule is C[C@@H]1C(=O)N(C)CCN1CCOc1ccc(-c2ccc3cc(-c4cn(C)c(=O)c5[nH]ccc45)ccc3n2)cc1.C[C@@H]1C(=O)N(C)CCN1CCOc1ccc(-c2ccc3cc(Cl)ccc3n2)cc1.Cc1ccc(S(=O)(=O)n2ccc3c(-c4ccc5nc(-c6ccc(OCCN7CCN(C)C(=O)[C@H]7C)cc6)ccc5c4)cn(C)c(=O)c32)cc1.Cc1ccc(S(=O)(=O)n2ccc3c(B4OC(C)(C)C(C)(C)O4)cn(C)c(=O)c32)cc1.[K+].[OH-]. The minimum Gasteiger partial charge on any atom is -0.870 e. The van der Waals surface area contributed by atoms with Gasteiger partial charge < -0.3 is 62.4 Å². The van der Waals surface area contributed by atoms with E-state index < -0.39 is 49.5 Å². The topological polar surface area (TPSA) is 345 Å². The van der Waals surface area contributed by atoms with Gasteiger partial charge in [0.05, 0.1) is 72.8 Å². The predicted molar refractivity (Wildman–Crippen MR) is 580 cm³/mol. The van der Waals surface area contributed by atoms with Crippen LogP contribution in [-0.4, -0.2) is 247 Å². The third kappa shape index (κ3) is 22.9. The minimum absolute atomic E-state index is 0. The van der Waals surface area contributed by atoms with Crippen LogP contribution >= 0.6 is 11.6 Å². The number of fused-ring (bicyclic) bond motifs is 6. The van der Waals surface area contributed by atoms with Crippen molar-refractivity contribution in [2.75, 3.05) is 99.9 Å². The molecule has 4 fully saturated rings. The molecule has 4 saturated heterocycles.